The number of rotatable bonds is 6. The van der Waals surface area contributed by atoms with E-state index in [-0.39, 0.29) is 4.90 Å². The number of carbonyl (C=O) groups is 1. The Kier molecular flexibility index (Phi) is 4.87. The minimum absolute atomic E-state index is 0.199. The van der Waals surface area contributed by atoms with Crippen LogP contribution in [-0.4, -0.2) is 31.8 Å². The van der Waals surface area contributed by atoms with Gasteiger partial charge in [0.2, 0.25) is 0 Å². The van der Waals surface area contributed by atoms with Crippen LogP contribution in [0.2, 0.25) is 0 Å². The third kappa shape index (κ3) is 3.01. The van der Waals surface area contributed by atoms with E-state index in [2.05, 4.69) is 18.7 Å². The van der Waals surface area contributed by atoms with Gasteiger partial charge in [0.05, 0.1) is 10.4 Å². The Morgan fingerprint density at radius 1 is 1.04 bits per heavy atom. The molecule has 3 aromatic rings. The first-order chi connectivity index (χ1) is 12.4. The van der Waals surface area contributed by atoms with Crippen LogP contribution in [-0.2, 0) is 10.0 Å². The van der Waals surface area contributed by atoms with Crippen molar-refractivity contribution < 1.29 is 13.2 Å². The van der Waals surface area contributed by atoms with Crippen molar-refractivity contribution in [3.05, 3.63) is 59.8 Å². The predicted molar refractivity (Wildman–Crippen MR) is 105 cm³/mol. The number of fused-ring (bicyclic) bond motifs is 1. The van der Waals surface area contributed by atoms with Gasteiger partial charge >= 0.3 is 0 Å². The maximum Gasteiger partial charge on any atom is 0.268 e. The monoisotopic (exact) mass is 370 g/mol. The van der Waals surface area contributed by atoms with Gasteiger partial charge in [-0.15, -0.1) is 0 Å². The molecule has 1 aromatic heterocycles. The lowest BCUT2D eigenvalue weighted by molar-refractivity contribution is 0.112. The molecular weight excluding hydrogens is 348 g/mol. The van der Waals surface area contributed by atoms with E-state index in [0.717, 1.165) is 24.3 Å². The van der Waals surface area contributed by atoms with Crippen LogP contribution in [0.5, 0.6) is 0 Å². The van der Waals surface area contributed by atoms with Crippen molar-refractivity contribution in [2.45, 2.75) is 25.7 Å². The molecule has 136 valence electrons. The lowest BCUT2D eigenvalue weighted by Gasteiger charge is -2.21. The fraction of sp³-hybridized carbons (Fsp3) is 0.250. The second-order valence-electron chi connectivity index (χ2n) is 6.19. The number of aromatic nitrogens is 1. The van der Waals surface area contributed by atoms with E-state index in [0.29, 0.717) is 22.8 Å². The second kappa shape index (κ2) is 6.96. The number of hydrogen-bond acceptors (Lipinski definition) is 4. The highest BCUT2D eigenvalue weighted by atomic mass is 32.2. The Hall–Kier alpha value is -2.60. The van der Waals surface area contributed by atoms with Gasteiger partial charge in [0.15, 0.2) is 6.29 Å². The van der Waals surface area contributed by atoms with E-state index in [1.165, 1.54) is 10.2 Å². The molecule has 0 spiro atoms. The lowest BCUT2D eigenvalue weighted by Crippen LogP contribution is -2.21. The largest absolute Gasteiger partial charge is 0.372 e. The van der Waals surface area contributed by atoms with Gasteiger partial charge in [0, 0.05) is 35.9 Å². The van der Waals surface area contributed by atoms with Crippen molar-refractivity contribution >= 4 is 32.9 Å². The van der Waals surface area contributed by atoms with Gasteiger partial charge < -0.3 is 4.90 Å². The quantitative estimate of drug-likeness (QED) is 0.619. The van der Waals surface area contributed by atoms with Crippen molar-refractivity contribution in [2.24, 2.45) is 0 Å². The Morgan fingerprint density at radius 3 is 2.27 bits per heavy atom. The first-order valence-electron chi connectivity index (χ1n) is 8.59. The van der Waals surface area contributed by atoms with Crippen molar-refractivity contribution in [2.75, 3.05) is 18.0 Å². The third-order valence-corrected chi connectivity index (χ3v) is 6.31. The molecule has 26 heavy (non-hydrogen) atoms. The van der Waals surface area contributed by atoms with Gasteiger partial charge in [-0.3, -0.25) is 4.79 Å². The van der Waals surface area contributed by atoms with Crippen LogP contribution in [0.4, 0.5) is 5.69 Å². The first-order valence-corrected chi connectivity index (χ1v) is 10.0. The van der Waals surface area contributed by atoms with Crippen molar-refractivity contribution in [1.82, 2.24) is 3.97 Å². The summed E-state index contributed by atoms with van der Waals surface area (Å²) in [5, 5.41) is 0.639. The number of hydrogen-bond donors (Lipinski definition) is 0. The molecule has 0 saturated carbocycles. The summed E-state index contributed by atoms with van der Waals surface area (Å²) >= 11 is 0. The van der Waals surface area contributed by atoms with E-state index >= 15 is 0 Å². The summed E-state index contributed by atoms with van der Waals surface area (Å²) in [4.78, 5) is 13.9. The molecule has 0 aliphatic rings. The van der Waals surface area contributed by atoms with Crippen LogP contribution in [0.15, 0.2) is 53.6 Å². The number of carbonyl (C=O) groups excluding carboxylic acids is 1. The summed E-state index contributed by atoms with van der Waals surface area (Å²) in [5.74, 6) is 0. The molecule has 5 nitrogen and oxygen atoms in total. The minimum atomic E-state index is -3.77. The molecule has 0 bridgehead atoms. The molecule has 0 amide bonds. The summed E-state index contributed by atoms with van der Waals surface area (Å²) in [5.41, 5.74) is 2.82. The average molecular weight is 370 g/mol. The molecule has 1 heterocycles. The predicted octanol–water partition coefficient (Wildman–Crippen LogP) is 3.85. The van der Waals surface area contributed by atoms with Gasteiger partial charge in [-0.25, -0.2) is 12.4 Å². The Bertz CT molecular complexity index is 1050. The zero-order valence-corrected chi connectivity index (χ0v) is 16.0. The first kappa shape index (κ1) is 18.2. The standard InChI is InChI=1S/C20H22N2O3S/c1-4-21(5-2)17-8-11-20-19(12-17)16(14-23)13-22(20)26(24,25)18-9-6-15(3)7-10-18/h6-14H,4-5H2,1-3H3. The molecule has 0 saturated heterocycles. The van der Waals surface area contributed by atoms with Gasteiger partial charge in [0.25, 0.3) is 10.0 Å². The molecule has 2 aromatic carbocycles. The fourth-order valence-electron chi connectivity index (χ4n) is 3.11. The molecular formula is C20H22N2O3S. The van der Waals surface area contributed by atoms with E-state index in [1.54, 1.807) is 30.3 Å². The van der Waals surface area contributed by atoms with Crippen LogP contribution < -0.4 is 4.90 Å². The number of nitrogens with zero attached hydrogens (tertiary/aromatic N) is 2. The molecule has 0 atom stereocenters. The normalized spacial score (nSPS) is 11.7. The number of aryl methyl sites for hydroxylation is 1. The van der Waals surface area contributed by atoms with Gasteiger partial charge in [-0.05, 0) is 51.1 Å². The van der Waals surface area contributed by atoms with Gasteiger partial charge in [-0.1, -0.05) is 17.7 Å². The minimum Gasteiger partial charge on any atom is -0.372 e. The Labute approximate surface area is 153 Å². The molecule has 6 heteroatoms. The molecule has 0 aliphatic carbocycles. The molecule has 0 fully saturated rings. The highest BCUT2D eigenvalue weighted by Gasteiger charge is 2.21. The summed E-state index contributed by atoms with van der Waals surface area (Å²) in [6, 6.07) is 12.2. The highest BCUT2D eigenvalue weighted by Crippen LogP contribution is 2.29. The molecule has 0 N–H and O–H groups in total. The number of benzene rings is 2. The summed E-state index contributed by atoms with van der Waals surface area (Å²) in [7, 11) is -3.77. The second-order valence-corrected chi connectivity index (χ2v) is 8.00. The Morgan fingerprint density at radius 2 is 1.69 bits per heavy atom. The smallest absolute Gasteiger partial charge is 0.268 e. The lowest BCUT2D eigenvalue weighted by atomic mass is 10.1. The van der Waals surface area contributed by atoms with E-state index in [1.807, 2.05) is 19.1 Å². The maximum atomic E-state index is 13.1. The van der Waals surface area contributed by atoms with Crippen LogP contribution in [0.3, 0.4) is 0 Å². The summed E-state index contributed by atoms with van der Waals surface area (Å²) in [6.45, 7) is 7.69. The highest BCUT2D eigenvalue weighted by molar-refractivity contribution is 7.90. The zero-order chi connectivity index (χ0) is 18.9. The zero-order valence-electron chi connectivity index (χ0n) is 15.1. The van der Waals surface area contributed by atoms with Gasteiger partial charge in [0.1, 0.15) is 0 Å². The molecule has 0 radical (unpaired) electrons. The third-order valence-electron chi connectivity index (χ3n) is 4.62. The topological polar surface area (TPSA) is 59.4 Å². The van der Waals surface area contributed by atoms with Crippen LogP contribution in [0.25, 0.3) is 10.9 Å². The Balaban J connectivity index is 2.21. The molecule has 3 rings (SSSR count). The van der Waals surface area contributed by atoms with E-state index in [9.17, 15) is 13.2 Å². The van der Waals surface area contributed by atoms with Gasteiger partial charge in [-0.2, -0.15) is 0 Å². The summed E-state index contributed by atoms with van der Waals surface area (Å²) < 4.78 is 27.3. The van der Waals surface area contributed by atoms with Crippen molar-refractivity contribution in [3.8, 4) is 0 Å². The number of anilines is 1. The average Bonchev–Trinajstić information content (AvgIpc) is 3.02. The number of aldehydes is 1. The summed E-state index contributed by atoms with van der Waals surface area (Å²) in [6.07, 6.45) is 2.11. The van der Waals surface area contributed by atoms with Crippen LogP contribution in [0.1, 0.15) is 29.8 Å². The van der Waals surface area contributed by atoms with Crippen molar-refractivity contribution in [3.63, 3.8) is 0 Å². The SMILES string of the molecule is CCN(CC)c1ccc2c(c1)c(C=O)cn2S(=O)(=O)c1ccc(C)cc1. The molecule has 0 unspecified atom stereocenters. The van der Waals surface area contributed by atoms with E-state index < -0.39 is 10.0 Å². The van der Waals surface area contributed by atoms with E-state index in [4.69, 9.17) is 0 Å². The maximum absolute atomic E-state index is 13.1. The van der Waals surface area contributed by atoms with Crippen LogP contribution in [0, 0.1) is 6.92 Å². The van der Waals surface area contributed by atoms with Crippen LogP contribution >= 0.6 is 0 Å². The fourth-order valence-corrected chi connectivity index (χ4v) is 4.49. The molecule has 0 aliphatic heterocycles. The van der Waals surface area contributed by atoms with Crippen molar-refractivity contribution in [1.29, 1.82) is 0 Å².